The predicted octanol–water partition coefficient (Wildman–Crippen LogP) is 15.8. The second-order valence-electron chi connectivity index (χ2n) is 14.6. The second-order valence-corrected chi connectivity index (χ2v) is 15.6. The molecule has 59 heavy (non-hydrogen) atoms. The topological polar surface area (TPSA) is 17.4 Å². The van der Waals surface area contributed by atoms with Gasteiger partial charge in [-0.25, -0.2) is 0 Å². The molecular formula is C55H40N2OS. The van der Waals surface area contributed by atoms with Crippen LogP contribution in [0.25, 0.3) is 83.1 Å². The number of ether oxygens (including phenoxy) is 1. The number of para-hydroxylation sites is 1. The molecule has 0 bridgehead atoms. The van der Waals surface area contributed by atoms with E-state index in [4.69, 9.17) is 4.74 Å². The van der Waals surface area contributed by atoms with Gasteiger partial charge in [-0.05, 0) is 118 Å². The molecule has 0 saturated carbocycles. The highest BCUT2D eigenvalue weighted by Crippen LogP contribution is 2.42. The summed E-state index contributed by atoms with van der Waals surface area (Å²) in [5.74, 6) is 0.845. The number of methoxy groups -OCH3 is 1. The van der Waals surface area contributed by atoms with Crippen molar-refractivity contribution in [2.75, 3.05) is 12.0 Å². The molecule has 0 aliphatic rings. The smallest absolute Gasteiger partial charge is 0.119 e. The Hall–Kier alpha value is -7.40. The summed E-state index contributed by atoms with van der Waals surface area (Å²) >= 11 is 1.77. The molecule has 0 saturated heterocycles. The van der Waals surface area contributed by atoms with Gasteiger partial charge in [-0.15, -0.1) is 11.3 Å². The molecule has 0 amide bonds. The number of rotatable bonds is 10. The summed E-state index contributed by atoms with van der Waals surface area (Å²) in [4.78, 5) is 3.48. The van der Waals surface area contributed by atoms with Crippen LogP contribution in [0.3, 0.4) is 0 Å². The fraction of sp³-hybridized carbons (Fsp3) is 0.0182. The van der Waals surface area contributed by atoms with Crippen LogP contribution in [0.1, 0.15) is 10.4 Å². The van der Waals surface area contributed by atoms with Crippen molar-refractivity contribution in [1.82, 2.24) is 4.57 Å². The van der Waals surface area contributed by atoms with Crippen LogP contribution < -0.4 is 9.64 Å². The van der Waals surface area contributed by atoms with Crippen molar-refractivity contribution in [3.8, 4) is 44.8 Å². The molecule has 4 heteroatoms. The molecule has 10 aromatic rings. The van der Waals surface area contributed by atoms with Gasteiger partial charge < -0.3 is 14.2 Å². The van der Waals surface area contributed by atoms with Gasteiger partial charge in [-0.2, -0.15) is 0 Å². The highest BCUT2D eigenvalue weighted by Gasteiger charge is 2.17. The predicted molar refractivity (Wildman–Crippen MR) is 254 cm³/mol. The minimum absolute atomic E-state index is 0.845. The molecule has 0 aliphatic carbocycles. The molecule has 282 valence electrons. The zero-order chi connectivity index (χ0) is 39.9. The Bertz CT molecular complexity index is 3140. The van der Waals surface area contributed by atoms with E-state index >= 15 is 0 Å². The number of aromatic nitrogens is 1. The molecule has 0 unspecified atom stereocenters. The van der Waals surface area contributed by atoms with E-state index in [0.717, 1.165) is 44.5 Å². The second kappa shape index (κ2) is 15.2. The maximum absolute atomic E-state index is 5.45. The highest BCUT2D eigenvalue weighted by molar-refractivity contribution is 7.20. The number of fused-ring (bicyclic) bond motifs is 4. The maximum Gasteiger partial charge on any atom is 0.119 e. The van der Waals surface area contributed by atoms with E-state index in [9.17, 15) is 0 Å². The van der Waals surface area contributed by atoms with Crippen molar-refractivity contribution in [2.24, 2.45) is 0 Å². The Morgan fingerprint density at radius 1 is 0.492 bits per heavy atom. The quantitative estimate of drug-likeness (QED) is 0.138. The average molecular weight is 777 g/mol. The van der Waals surface area contributed by atoms with Crippen molar-refractivity contribution in [2.45, 2.75) is 0 Å². The van der Waals surface area contributed by atoms with E-state index in [1.807, 2.05) is 24.3 Å². The van der Waals surface area contributed by atoms with Crippen LogP contribution in [-0.4, -0.2) is 11.7 Å². The van der Waals surface area contributed by atoms with Gasteiger partial charge in [0.15, 0.2) is 0 Å². The molecule has 0 atom stereocenters. The first-order chi connectivity index (χ1) is 29.1. The molecule has 3 nitrogen and oxygen atoms in total. The number of anilines is 3. The van der Waals surface area contributed by atoms with E-state index in [-0.39, 0.29) is 0 Å². The first kappa shape index (κ1) is 36.0. The van der Waals surface area contributed by atoms with Crippen molar-refractivity contribution < 1.29 is 4.74 Å². The third-order valence-electron chi connectivity index (χ3n) is 11.3. The summed E-state index contributed by atoms with van der Waals surface area (Å²) in [6.45, 7) is 8.15. The SMILES string of the molecule is C=Cc1sc2c(-c3ccc(N(c4ccc(-c5ccccc5)cc4)c4ccc(-c5ccc6c(c5)c5ccccc5n6-c5ccc(OC)cc5)cc4)cc3)cccc2c1C=C. The lowest BCUT2D eigenvalue weighted by atomic mass is 10.0. The lowest BCUT2D eigenvalue weighted by Crippen LogP contribution is -2.09. The van der Waals surface area contributed by atoms with Gasteiger partial charge in [-0.3, -0.25) is 0 Å². The average Bonchev–Trinajstić information content (AvgIpc) is 3.85. The first-order valence-electron chi connectivity index (χ1n) is 19.8. The molecule has 0 spiro atoms. The van der Waals surface area contributed by atoms with Gasteiger partial charge in [0.05, 0.1) is 18.1 Å². The third-order valence-corrected chi connectivity index (χ3v) is 12.6. The lowest BCUT2D eigenvalue weighted by molar-refractivity contribution is 0.415. The van der Waals surface area contributed by atoms with Gasteiger partial charge in [0.2, 0.25) is 0 Å². The number of nitrogens with zero attached hydrogens (tertiary/aromatic N) is 2. The molecule has 0 fully saturated rings. The van der Waals surface area contributed by atoms with E-state index in [1.165, 1.54) is 59.7 Å². The van der Waals surface area contributed by atoms with Crippen LogP contribution in [0.2, 0.25) is 0 Å². The van der Waals surface area contributed by atoms with Crippen LogP contribution in [0.4, 0.5) is 17.1 Å². The third kappa shape index (κ3) is 6.41. The minimum Gasteiger partial charge on any atom is -0.497 e. The van der Waals surface area contributed by atoms with Crippen molar-refractivity contribution in [3.63, 3.8) is 0 Å². The monoisotopic (exact) mass is 776 g/mol. The summed E-state index contributed by atoms with van der Waals surface area (Å²) in [6, 6.07) is 67.5. The van der Waals surface area contributed by atoms with Gasteiger partial charge in [0, 0.05) is 48.5 Å². The molecule has 10 rings (SSSR count). The Morgan fingerprint density at radius 3 is 1.69 bits per heavy atom. The Labute approximate surface area is 348 Å². The molecule has 2 heterocycles. The molecule has 0 N–H and O–H groups in total. The van der Waals surface area contributed by atoms with Gasteiger partial charge in [-0.1, -0.05) is 135 Å². The Morgan fingerprint density at radius 2 is 1.05 bits per heavy atom. The van der Waals surface area contributed by atoms with Crippen LogP contribution in [-0.2, 0) is 0 Å². The zero-order valence-corrected chi connectivity index (χ0v) is 33.5. The molecule has 0 aliphatic heterocycles. The zero-order valence-electron chi connectivity index (χ0n) is 32.7. The minimum atomic E-state index is 0.845. The molecular weight excluding hydrogens is 737 g/mol. The highest BCUT2D eigenvalue weighted by atomic mass is 32.1. The summed E-state index contributed by atoms with van der Waals surface area (Å²) in [7, 11) is 1.70. The van der Waals surface area contributed by atoms with Gasteiger partial charge >= 0.3 is 0 Å². The fourth-order valence-electron chi connectivity index (χ4n) is 8.38. The summed E-state index contributed by atoms with van der Waals surface area (Å²) < 4.78 is 9.03. The molecule has 0 radical (unpaired) electrons. The van der Waals surface area contributed by atoms with E-state index in [2.05, 4.69) is 199 Å². The van der Waals surface area contributed by atoms with E-state index in [0.29, 0.717) is 0 Å². The number of hydrogen-bond donors (Lipinski definition) is 0. The fourth-order valence-corrected chi connectivity index (χ4v) is 9.57. The van der Waals surface area contributed by atoms with Crippen molar-refractivity contribution in [1.29, 1.82) is 0 Å². The number of benzene rings is 8. The Kier molecular flexibility index (Phi) is 9.25. The standard InChI is InChI=1S/C55H40N2OS/c1-4-47-50-16-11-15-48(55(50)59-54(47)5-2)40-22-29-44(30-23-40)56(42-25-18-38(19-26-42)37-12-7-6-8-13-37)43-27-20-39(21-28-43)41-24-35-53-51(36-41)49-14-9-10-17-52(49)57(53)45-31-33-46(58-3)34-32-45/h4-36H,1-2H2,3H3. The Balaban J connectivity index is 1.03. The van der Waals surface area contributed by atoms with Crippen molar-refractivity contribution in [3.05, 3.63) is 212 Å². The molecule has 8 aromatic carbocycles. The van der Waals surface area contributed by atoms with Crippen LogP contribution >= 0.6 is 11.3 Å². The number of thiophene rings is 1. The largest absolute Gasteiger partial charge is 0.497 e. The van der Waals surface area contributed by atoms with E-state index < -0.39 is 0 Å². The normalized spacial score (nSPS) is 11.3. The van der Waals surface area contributed by atoms with Crippen molar-refractivity contribution >= 4 is 72.4 Å². The van der Waals surface area contributed by atoms with E-state index in [1.54, 1.807) is 18.4 Å². The van der Waals surface area contributed by atoms with Gasteiger partial charge in [0.1, 0.15) is 5.75 Å². The van der Waals surface area contributed by atoms with Crippen LogP contribution in [0.5, 0.6) is 5.75 Å². The first-order valence-corrected chi connectivity index (χ1v) is 20.6. The van der Waals surface area contributed by atoms with Gasteiger partial charge in [0.25, 0.3) is 0 Å². The lowest BCUT2D eigenvalue weighted by Gasteiger charge is -2.26. The van der Waals surface area contributed by atoms with Crippen LogP contribution in [0.15, 0.2) is 201 Å². The molecule has 2 aromatic heterocycles. The number of hydrogen-bond acceptors (Lipinski definition) is 3. The maximum atomic E-state index is 5.45. The summed E-state index contributed by atoms with van der Waals surface area (Å²) in [5.41, 5.74) is 14.9. The summed E-state index contributed by atoms with van der Waals surface area (Å²) in [5, 5.41) is 3.66. The van der Waals surface area contributed by atoms with Crippen LogP contribution in [0, 0.1) is 0 Å². The summed E-state index contributed by atoms with van der Waals surface area (Å²) in [6.07, 6.45) is 3.87.